The van der Waals surface area contributed by atoms with Gasteiger partial charge in [-0.25, -0.2) is 0 Å². The van der Waals surface area contributed by atoms with E-state index in [1.54, 1.807) is 6.20 Å². The van der Waals surface area contributed by atoms with Gasteiger partial charge in [0.25, 0.3) is 0 Å². The molecule has 0 aliphatic carbocycles. The molecule has 0 saturated heterocycles. The molecule has 0 fully saturated rings. The molecule has 0 spiro atoms. The van der Waals surface area contributed by atoms with Crippen LogP contribution in [-0.4, -0.2) is 19.1 Å². The average Bonchev–Trinajstić information content (AvgIpc) is 3.42. The predicted molar refractivity (Wildman–Crippen MR) is 116 cm³/mol. The van der Waals surface area contributed by atoms with Gasteiger partial charge in [-0.05, 0) is 26.7 Å². The molecule has 0 amide bonds. The standard InChI is InChI=1S/C25H19N5O.Pt/c1-25(2)14-17-5-7-19(13-21(17)24-27-9-11-30(24)25)31-18-6-4-16-8-10-29-22(26-3)15-28-23(29)20(16)12-18;/h4-7,9,11,15H,8,10,14H2,1-2H3;/q-2;+2. The maximum absolute atomic E-state index is 7.33. The monoisotopic (exact) mass is 600 g/mol. The van der Waals surface area contributed by atoms with Crippen LogP contribution >= 0.6 is 0 Å². The zero-order valence-corrected chi connectivity index (χ0v) is 19.9. The molecular weight excluding hydrogens is 581 g/mol. The fourth-order valence-electron chi connectivity index (χ4n) is 4.64. The number of hydrogen-bond acceptors (Lipinski definition) is 3. The van der Waals surface area contributed by atoms with E-state index in [1.807, 2.05) is 29.1 Å². The summed E-state index contributed by atoms with van der Waals surface area (Å²) in [4.78, 5) is 12.6. The third-order valence-corrected chi connectivity index (χ3v) is 6.15. The summed E-state index contributed by atoms with van der Waals surface area (Å²) in [7, 11) is 0. The van der Waals surface area contributed by atoms with Crippen molar-refractivity contribution >= 4 is 5.82 Å². The van der Waals surface area contributed by atoms with Gasteiger partial charge in [0, 0.05) is 35.6 Å². The van der Waals surface area contributed by atoms with Crippen molar-refractivity contribution in [3.8, 4) is 34.3 Å². The molecule has 4 aromatic rings. The van der Waals surface area contributed by atoms with E-state index in [0.717, 1.165) is 42.2 Å². The van der Waals surface area contributed by atoms with E-state index in [4.69, 9.17) is 11.3 Å². The molecule has 0 N–H and O–H groups in total. The van der Waals surface area contributed by atoms with Crippen molar-refractivity contribution in [3.05, 3.63) is 77.5 Å². The Morgan fingerprint density at radius 2 is 1.75 bits per heavy atom. The Labute approximate surface area is 201 Å². The Morgan fingerprint density at radius 3 is 2.50 bits per heavy atom. The van der Waals surface area contributed by atoms with E-state index in [1.165, 1.54) is 11.1 Å². The quantitative estimate of drug-likeness (QED) is 0.298. The zero-order chi connectivity index (χ0) is 21.2. The number of ether oxygens (including phenoxy) is 1. The average molecular weight is 601 g/mol. The van der Waals surface area contributed by atoms with E-state index in [2.05, 4.69) is 57.5 Å². The molecule has 2 aromatic carbocycles. The second kappa shape index (κ2) is 7.46. The van der Waals surface area contributed by atoms with E-state index in [0.29, 0.717) is 17.3 Å². The van der Waals surface area contributed by atoms with Crippen LogP contribution in [0.2, 0.25) is 0 Å². The van der Waals surface area contributed by atoms with Crippen LogP contribution < -0.4 is 4.74 Å². The van der Waals surface area contributed by atoms with Crippen molar-refractivity contribution in [1.29, 1.82) is 0 Å². The predicted octanol–water partition coefficient (Wildman–Crippen LogP) is 5.20. The van der Waals surface area contributed by atoms with Crippen molar-refractivity contribution in [1.82, 2.24) is 19.1 Å². The SMILES string of the molecule is [C-]#[N+]c1cnc2n1CCc1ccc(Oc3[c-]c4c(cc3)CC(C)(C)n3ccnc3-4)[c-]c1-2.[Pt+2]. The number of nitrogens with zero attached hydrogens (tertiary/aromatic N) is 5. The second-order valence-electron chi connectivity index (χ2n) is 8.61. The summed E-state index contributed by atoms with van der Waals surface area (Å²) in [5, 5.41) is 0. The van der Waals surface area contributed by atoms with Crippen molar-refractivity contribution in [2.45, 2.75) is 38.8 Å². The van der Waals surface area contributed by atoms with Crippen LogP contribution in [-0.2, 0) is 46.0 Å². The molecule has 32 heavy (non-hydrogen) atoms. The van der Waals surface area contributed by atoms with Gasteiger partial charge in [0.15, 0.2) is 0 Å². The fourth-order valence-corrected chi connectivity index (χ4v) is 4.64. The molecule has 6 rings (SSSR count). The summed E-state index contributed by atoms with van der Waals surface area (Å²) in [6.07, 6.45) is 7.25. The van der Waals surface area contributed by atoms with Gasteiger partial charge in [-0.3, -0.25) is 9.97 Å². The van der Waals surface area contributed by atoms with Gasteiger partial charge < -0.3 is 18.7 Å². The summed E-state index contributed by atoms with van der Waals surface area (Å²) in [5.41, 5.74) is 4.25. The zero-order valence-electron chi connectivity index (χ0n) is 17.6. The Kier molecular flexibility index (Phi) is 4.83. The summed E-state index contributed by atoms with van der Waals surface area (Å²) >= 11 is 0. The number of fused-ring (bicyclic) bond motifs is 6. The number of imidazole rings is 2. The summed E-state index contributed by atoms with van der Waals surface area (Å²) in [6.45, 7) is 12.5. The maximum Gasteiger partial charge on any atom is 2.00 e. The maximum atomic E-state index is 7.33. The summed E-state index contributed by atoms with van der Waals surface area (Å²) in [6, 6.07) is 14.8. The first-order valence-electron chi connectivity index (χ1n) is 10.3. The van der Waals surface area contributed by atoms with E-state index in [9.17, 15) is 0 Å². The topological polar surface area (TPSA) is 49.2 Å². The normalized spacial score (nSPS) is 14.8. The van der Waals surface area contributed by atoms with Crippen LogP contribution in [0.3, 0.4) is 0 Å². The third-order valence-electron chi connectivity index (χ3n) is 6.15. The molecule has 7 heteroatoms. The second-order valence-corrected chi connectivity index (χ2v) is 8.61. The van der Waals surface area contributed by atoms with Gasteiger partial charge in [0.1, 0.15) is 5.82 Å². The van der Waals surface area contributed by atoms with Crippen LogP contribution in [0.15, 0.2) is 42.9 Å². The van der Waals surface area contributed by atoms with Crippen molar-refractivity contribution in [3.63, 3.8) is 0 Å². The Morgan fingerprint density at radius 1 is 1.03 bits per heavy atom. The molecular formula is C25H19N5OPt. The van der Waals surface area contributed by atoms with Gasteiger partial charge in [-0.2, -0.15) is 0 Å². The van der Waals surface area contributed by atoms with Crippen LogP contribution in [0.25, 0.3) is 27.6 Å². The molecule has 160 valence electrons. The number of aryl methyl sites for hydroxylation is 1. The van der Waals surface area contributed by atoms with Crippen LogP contribution in [0.5, 0.6) is 11.5 Å². The molecule has 4 heterocycles. The van der Waals surface area contributed by atoms with E-state index in [-0.39, 0.29) is 26.6 Å². The molecule has 6 nitrogen and oxygen atoms in total. The Hall–Kier alpha value is -3.16. The van der Waals surface area contributed by atoms with Crippen molar-refractivity contribution in [2.75, 3.05) is 0 Å². The van der Waals surface area contributed by atoms with E-state index < -0.39 is 0 Å². The number of rotatable bonds is 2. The minimum absolute atomic E-state index is 0. The molecule has 2 aliphatic rings. The molecule has 0 radical (unpaired) electrons. The first kappa shape index (κ1) is 20.7. The summed E-state index contributed by atoms with van der Waals surface area (Å²) in [5.74, 6) is 3.48. The molecule has 0 atom stereocenters. The van der Waals surface area contributed by atoms with Gasteiger partial charge in [-0.1, -0.05) is 24.3 Å². The summed E-state index contributed by atoms with van der Waals surface area (Å²) < 4.78 is 10.3. The Bertz CT molecular complexity index is 1390. The van der Waals surface area contributed by atoms with Crippen LogP contribution in [0.4, 0.5) is 5.82 Å². The van der Waals surface area contributed by atoms with Gasteiger partial charge in [0.2, 0.25) is 5.82 Å². The van der Waals surface area contributed by atoms with Gasteiger partial charge in [0.05, 0.1) is 12.4 Å². The number of hydrogen-bond donors (Lipinski definition) is 0. The number of benzene rings is 2. The molecule has 0 unspecified atom stereocenters. The van der Waals surface area contributed by atoms with Gasteiger partial charge >= 0.3 is 21.1 Å². The van der Waals surface area contributed by atoms with Crippen LogP contribution in [0, 0.1) is 18.7 Å². The molecule has 0 saturated carbocycles. The molecule has 0 bridgehead atoms. The Balaban J connectivity index is 0.00000216. The van der Waals surface area contributed by atoms with E-state index >= 15 is 0 Å². The van der Waals surface area contributed by atoms with Crippen LogP contribution in [0.1, 0.15) is 25.0 Å². The first-order chi connectivity index (χ1) is 15.0. The largest absolute Gasteiger partial charge is 2.00 e. The van der Waals surface area contributed by atoms with Gasteiger partial charge in [-0.15, -0.1) is 41.0 Å². The van der Waals surface area contributed by atoms with Crippen molar-refractivity contribution in [2.24, 2.45) is 0 Å². The minimum Gasteiger partial charge on any atom is -0.497 e. The molecule has 2 aromatic heterocycles. The third kappa shape index (κ3) is 3.12. The fraction of sp³-hybridized carbons (Fsp3) is 0.240. The first-order valence-corrected chi connectivity index (χ1v) is 10.3. The van der Waals surface area contributed by atoms with Crippen molar-refractivity contribution < 1.29 is 25.8 Å². The minimum atomic E-state index is -0.0204. The number of aromatic nitrogens is 4. The molecule has 2 aliphatic heterocycles. The smallest absolute Gasteiger partial charge is 0.497 e.